The number of unbranched alkanes of at least 4 members (excludes halogenated alkanes) is 1. The Hall–Kier alpha value is -1.88. The van der Waals surface area contributed by atoms with Gasteiger partial charge >= 0.3 is 5.97 Å². The van der Waals surface area contributed by atoms with Gasteiger partial charge in [-0.25, -0.2) is 4.79 Å². The van der Waals surface area contributed by atoms with Crippen molar-refractivity contribution >= 4 is 11.9 Å². The lowest BCUT2D eigenvalue weighted by atomic mass is 10.1. The number of amides is 1. The lowest BCUT2D eigenvalue weighted by Gasteiger charge is -2.15. The van der Waals surface area contributed by atoms with E-state index < -0.39 is 0 Å². The fraction of sp³-hybridized carbons (Fsp3) is 0.529. The monoisotopic (exact) mass is 306 g/mol. The zero-order valence-corrected chi connectivity index (χ0v) is 13.7. The molecule has 5 heteroatoms. The maximum Gasteiger partial charge on any atom is 0.337 e. The van der Waals surface area contributed by atoms with Gasteiger partial charge in [-0.15, -0.1) is 0 Å². The number of benzene rings is 1. The van der Waals surface area contributed by atoms with Crippen LogP contribution in [0.15, 0.2) is 24.3 Å². The van der Waals surface area contributed by atoms with Crippen LogP contribution in [0, 0.1) is 0 Å². The zero-order chi connectivity index (χ0) is 16.4. The van der Waals surface area contributed by atoms with Crippen LogP contribution in [0.3, 0.4) is 0 Å². The van der Waals surface area contributed by atoms with Gasteiger partial charge in [0.25, 0.3) is 0 Å². The largest absolute Gasteiger partial charge is 0.465 e. The third kappa shape index (κ3) is 6.72. The number of hydrogen-bond donors (Lipinski definition) is 1. The highest BCUT2D eigenvalue weighted by molar-refractivity contribution is 5.89. The Morgan fingerprint density at radius 1 is 1.18 bits per heavy atom. The molecule has 0 atom stereocenters. The van der Waals surface area contributed by atoms with Gasteiger partial charge in [-0.1, -0.05) is 25.5 Å². The molecule has 1 aromatic rings. The first-order valence-electron chi connectivity index (χ1n) is 7.69. The first-order chi connectivity index (χ1) is 10.6. The Morgan fingerprint density at radius 2 is 1.86 bits per heavy atom. The molecule has 0 aliphatic heterocycles. The van der Waals surface area contributed by atoms with E-state index in [4.69, 9.17) is 0 Å². The molecule has 0 spiro atoms. The van der Waals surface area contributed by atoms with Gasteiger partial charge in [-0.3, -0.25) is 4.79 Å². The second-order valence-electron chi connectivity index (χ2n) is 5.37. The molecule has 0 radical (unpaired) electrons. The summed E-state index contributed by atoms with van der Waals surface area (Å²) in [5.74, 6) is -0.314. The minimum absolute atomic E-state index is 0.0420. The van der Waals surface area contributed by atoms with Crippen molar-refractivity contribution in [3.05, 3.63) is 35.4 Å². The number of nitrogens with zero attached hydrogens (tertiary/aromatic N) is 1. The smallest absolute Gasteiger partial charge is 0.337 e. The summed E-state index contributed by atoms with van der Waals surface area (Å²) in [6.45, 7) is 4.43. The summed E-state index contributed by atoms with van der Waals surface area (Å²) >= 11 is 0. The number of nitrogens with one attached hydrogen (secondary N) is 1. The first-order valence-corrected chi connectivity index (χ1v) is 7.69. The fourth-order valence-electron chi connectivity index (χ4n) is 2.00. The second-order valence-corrected chi connectivity index (χ2v) is 5.37. The van der Waals surface area contributed by atoms with Crippen LogP contribution in [-0.4, -0.2) is 44.0 Å². The van der Waals surface area contributed by atoms with E-state index in [2.05, 4.69) is 21.9 Å². The molecule has 1 N–H and O–H groups in total. The Kier molecular flexibility index (Phi) is 8.22. The predicted molar refractivity (Wildman–Crippen MR) is 86.7 cm³/mol. The number of esters is 1. The molecule has 5 nitrogen and oxygen atoms in total. The molecule has 1 rings (SSSR count). The van der Waals surface area contributed by atoms with Crippen molar-refractivity contribution in [2.75, 3.05) is 27.2 Å². The van der Waals surface area contributed by atoms with Gasteiger partial charge in [-0.2, -0.15) is 0 Å². The van der Waals surface area contributed by atoms with Crippen molar-refractivity contribution in [1.29, 1.82) is 0 Å². The maximum absolute atomic E-state index is 11.8. The molecule has 122 valence electrons. The van der Waals surface area contributed by atoms with Crippen LogP contribution in [0.25, 0.3) is 0 Å². The van der Waals surface area contributed by atoms with Gasteiger partial charge in [0, 0.05) is 19.5 Å². The van der Waals surface area contributed by atoms with Gasteiger partial charge in [0.05, 0.1) is 12.7 Å². The second kappa shape index (κ2) is 9.95. The molecule has 0 fully saturated rings. The number of ether oxygens (including phenoxy) is 1. The summed E-state index contributed by atoms with van der Waals surface area (Å²) < 4.78 is 4.64. The van der Waals surface area contributed by atoms with Crippen LogP contribution in [0.2, 0.25) is 0 Å². The third-order valence-corrected chi connectivity index (χ3v) is 3.48. The molecule has 0 aromatic heterocycles. The Bertz CT molecular complexity index is 471. The summed E-state index contributed by atoms with van der Waals surface area (Å²) in [5.41, 5.74) is 1.47. The van der Waals surface area contributed by atoms with E-state index in [9.17, 15) is 9.59 Å². The fourth-order valence-corrected chi connectivity index (χ4v) is 2.00. The lowest BCUT2D eigenvalue weighted by molar-refractivity contribution is -0.121. The van der Waals surface area contributed by atoms with E-state index in [-0.39, 0.29) is 11.9 Å². The van der Waals surface area contributed by atoms with Crippen molar-refractivity contribution < 1.29 is 14.3 Å². The summed E-state index contributed by atoms with van der Waals surface area (Å²) in [4.78, 5) is 25.3. The average Bonchev–Trinajstić information content (AvgIpc) is 2.55. The lowest BCUT2D eigenvalue weighted by Crippen LogP contribution is -2.29. The summed E-state index contributed by atoms with van der Waals surface area (Å²) in [5, 5.41) is 2.89. The molecule has 22 heavy (non-hydrogen) atoms. The molecule has 1 aromatic carbocycles. The van der Waals surface area contributed by atoms with Crippen LogP contribution in [0.5, 0.6) is 0 Å². The quantitative estimate of drug-likeness (QED) is 0.711. The molecule has 0 unspecified atom stereocenters. The summed E-state index contributed by atoms with van der Waals surface area (Å²) in [6, 6.07) is 7.04. The molecular weight excluding hydrogens is 280 g/mol. The van der Waals surface area contributed by atoms with E-state index in [0.717, 1.165) is 31.5 Å². The molecular formula is C17H26N2O3. The molecule has 0 aliphatic rings. The normalized spacial score (nSPS) is 10.5. The van der Waals surface area contributed by atoms with Crippen LogP contribution < -0.4 is 5.32 Å². The van der Waals surface area contributed by atoms with Gasteiger partial charge in [0.2, 0.25) is 5.91 Å². The van der Waals surface area contributed by atoms with Gasteiger partial charge in [0.1, 0.15) is 0 Å². The van der Waals surface area contributed by atoms with Crippen molar-refractivity contribution in [3.63, 3.8) is 0 Å². The van der Waals surface area contributed by atoms with Gasteiger partial charge in [-0.05, 0) is 37.7 Å². The maximum atomic E-state index is 11.8. The average molecular weight is 306 g/mol. The number of hydrogen-bond acceptors (Lipinski definition) is 4. The minimum atomic E-state index is -0.356. The van der Waals surface area contributed by atoms with Crippen molar-refractivity contribution in [2.24, 2.45) is 0 Å². The molecule has 0 saturated heterocycles. The molecule has 0 bridgehead atoms. The molecule has 0 heterocycles. The minimum Gasteiger partial charge on any atom is -0.465 e. The van der Waals surface area contributed by atoms with E-state index in [1.165, 1.54) is 7.11 Å². The number of carbonyl (C=O) groups is 2. The van der Waals surface area contributed by atoms with Crippen molar-refractivity contribution in [2.45, 2.75) is 32.7 Å². The molecule has 0 aliphatic carbocycles. The van der Waals surface area contributed by atoms with Crippen LogP contribution in [0.1, 0.15) is 42.1 Å². The van der Waals surface area contributed by atoms with Crippen LogP contribution in [0.4, 0.5) is 0 Å². The highest BCUT2D eigenvalue weighted by atomic mass is 16.5. The predicted octanol–water partition coefficient (Wildman–Crippen LogP) is 2.21. The van der Waals surface area contributed by atoms with Gasteiger partial charge < -0.3 is 15.0 Å². The first kappa shape index (κ1) is 18.2. The summed E-state index contributed by atoms with van der Waals surface area (Å²) in [6.07, 6.45) is 2.82. The summed E-state index contributed by atoms with van der Waals surface area (Å²) in [7, 11) is 3.39. The standard InChI is InChI=1S/C17H26N2O3/c1-4-5-11-19(2)12-10-16(20)18-13-14-6-8-15(9-7-14)17(21)22-3/h6-9H,4-5,10-13H2,1-3H3,(H,18,20). The SMILES string of the molecule is CCCCN(C)CCC(=O)NCc1ccc(C(=O)OC)cc1. The van der Waals surface area contributed by atoms with E-state index >= 15 is 0 Å². The van der Waals surface area contributed by atoms with Crippen molar-refractivity contribution in [1.82, 2.24) is 10.2 Å². The van der Waals surface area contributed by atoms with Crippen LogP contribution in [-0.2, 0) is 16.1 Å². The van der Waals surface area contributed by atoms with E-state index in [0.29, 0.717) is 18.5 Å². The molecule has 1 amide bonds. The Labute approximate surface area is 132 Å². The topological polar surface area (TPSA) is 58.6 Å². The highest BCUT2D eigenvalue weighted by Crippen LogP contribution is 2.05. The van der Waals surface area contributed by atoms with Gasteiger partial charge in [0.15, 0.2) is 0 Å². The highest BCUT2D eigenvalue weighted by Gasteiger charge is 2.06. The zero-order valence-electron chi connectivity index (χ0n) is 13.7. The Morgan fingerprint density at radius 3 is 2.45 bits per heavy atom. The van der Waals surface area contributed by atoms with E-state index in [1.54, 1.807) is 12.1 Å². The molecule has 0 saturated carbocycles. The van der Waals surface area contributed by atoms with Crippen LogP contribution >= 0.6 is 0 Å². The number of rotatable bonds is 9. The van der Waals surface area contributed by atoms with Crippen molar-refractivity contribution in [3.8, 4) is 0 Å². The number of methoxy groups -OCH3 is 1. The third-order valence-electron chi connectivity index (χ3n) is 3.48. The van der Waals surface area contributed by atoms with E-state index in [1.807, 2.05) is 19.2 Å². The number of carbonyl (C=O) groups excluding carboxylic acids is 2. The Balaban J connectivity index is 2.30.